The first-order valence-electron chi connectivity index (χ1n) is 7.67. The number of nitrogens with one attached hydrogen (secondary N) is 1. The highest BCUT2D eigenvalue weighted by atomic mass is 35.5. The monoisotopic (exact) mass is 360 g/mol. The van der Waals surface area contributed by atoms with Crippen LogP contribution in [-0.4, -0.2) is 36.0 Å². The van der Waals surface area contributed by atoms with E-state index in [1.807, 2.05) is 18.2 Å². The predicted octanol–water partition coefficient (Wildman–Crippen LogP) is 2.27. The van der Waals surface area contributed by atoms with Crippen molar-refractivity contribution in [1.82, 2.24) is 30.1 Å². The molecule has 1 amide bonds. The van der Waals surface area contributed by atoms with Crippen molar-refractivity contribution in [3.05, 3.63) is 63.9 Å². The first kappa shape index (κ1) is 15.8. The van der Waals surface area contributed by atoms with Gasteiger partial charge in [-0.25, -0.2) is 0 Å². The number of carbonyl (C=O) groups excluding carboxylic acids is 1. The van der Waals surface area contributed by atoms with E-state index in [1.54, 1.807) is 28.9 Å². The molecule has 9 heteroatoms. The molecule has 0 aliphatic carbocycles. The van der Waals surface area contributed by atoms with Crippen molar-refractivity contribution in [2.24, 2.45) is 7.05 Å². The molecular formula is C16H14ClFN6O. The Morgan fingerprint density at radius 2 is 2.12 bits per heavy atom. The molecule has 0 radical (unpaired) electrons. The van der Waals surface area contributed by atoms with Crippen molar-refractivity contribution in [1.29, 1.82) is 0 Å². The fourth-order valence-electron chi connectivity index (χ4n) is 3.20. The van der Waals surface area contributed by atoms with Crippen LogP contribution in [-0.2, 0) is 20.0 Å². The van der Waals surface area contributed by atoms with Gasteiger partial charge in [0.25, 0.3) is 11.9 Å². The van der Waals surface area contributed by atoms with E-state index in [9.17, 15) is 9.18 Å². The number of amides is 1. The molecule has 1 aliphatic heterocycles. The maximum absolute atomic E-state index is 13.7. The zero-order valence-corrected chi connectivity index (χ0v) is 14.0. The fourth-order valence-corrected chi connectivity index (χ4v) is 3.44. The highest BCUT2D eigenvalue weighted by molar-refractivity contribution is 6.31. The van der Waals surface area contributed by atoms with E-state index in [1.165, 1.54) is 0 Å². The summed E-state index contributed by atoms with van der Waals surface area (Å²) in [6.07, 6.45) is 2.04. The van der Waals surface area contributed by atoms with Gasteiger partial charge >= 0.3 is 0 Å². The van der Waals surface area contributed by atoms with E-state index in [4.69, 9.17) is 11.6 Å². The third-order valence-electron chi connectivity index (χ3n) is 4.48. The van der Waals surface area contributed by atoms with Crippen LogP contribution in [0.2, 0.25) is 5.02 Å². The molecule has 4 rings (SSSR count). The van der Waals surface area contributed by atoms with Crippen molar-refractivity contribution in [3.8, 4) is 0 Å². The summed E-state index contributed by atoms with van der Waals surface area (Å²) in [4.78, 5) is 14.4. The van der Waals surface area contributed by atoms with E-state index in [2.05, 4.69) is 20.5 Å². The molecule has 128 valence electrons. The second-order valence-electron chi connectivity index (χ2n) is 5.86. The van der Waals surface area contributed by atoms with E-state index in [0.717, 1.165) is 11.3 Å². The molecule has 7 nitrogen and oxygen atoms in total. The minimum Gasteiger partial charge on any atom is -0.325 e. The zero-order valence-electron chi connectivity index (χ0n) is 13.3. The van der Waals surface area contributed by atoms with Gasteiger partial charge in [-0.15, -0.1) is 5.10 Å². The molecule has 0 fully saturated rings. The van der Waals surface area contributed by atoms with Gasteiger partial charge in [0.1, 0.15) is 5.69 Å². The van der Waals surface area contributed by atoms with Crippen LogP contribution in [0.3, 0.4) is 0 Å². The Balaban J connectivity index is 1.74. The highest BCUT2D eigenvalue weighted by Crippen LogP contribution is 2.37. The lowest BCUT2D eigenvalue weighted by Gasteiger charge is -2.24. The molecular weight excluding hydrogens is 347 g/mol. The molecule has 25 heavy (non-hydrogen) atoms. The van der Waals surface area contributed by atoms with Crippen LogP contribution >= 0.6 is 11.6 Å². The Morgan fingerprint density at radius 1 is 1.32 bits per heavy atom. The van der Waals surface area contributed by atoms with Crippen LogP contribution in [0.15, 0.2) is 30.5 Å². The number of fused-ring (bicyclic) bond motifs is 1. The van der Waals surface area contributed by atoms with Gasteiger partial charge in [-0.3, -0.25) is 9.48 Å². The second-order valence-corrected chi connectivity index (χ2v) is 6.27. The lowest BCUT2D eigenvalue weighted by molar-refractivity contribution is 0.0703. The number of hydrogen-bond donors (Lipinski definition) is 1. The number of aryl methyl sites for hydroxylation is 1. The molecule has 1 aliphatic rings. The lowest BCUT2D eigenvalue weighted by Crippen LogP contribution is -2.30. The van der Waals surface area contributed by atoms with Crippen LogP contribution < -0.4 is 0 Å². The minimum atomic E-state index is -0.707. The van der Waals surface area contributed by atoms with Gasteiger partial charge in [0.05, 0.1) is 29.5 Å². The number of rotatable bonds is 4. The SMILES string of the molecule is Cn1ncc(Cl)c1CC1c2ccccc2C(=O)N1Cc1n[nH]nc1F. The smallest absolute Gasteiger partial charge is 0.257 e. The van der Waals surface area contributed by atoms with Crippen LogP contribution in [0.4, 0.5) is 4.39 Å². The lowest BCUT2D eigenvalue weighted by atomic mass is 10.0. The topological polar surface area (TPSA) is 79.7 Å². The maximum Gasteiger partial charge on any atom is 0.257 e. The Bertz CT molecular complexity index is 932. The summed E-state index contributed by atoms with van der Waals surface area (Å²) in [5.74, 6) is -0.873. The quantitative estimate of drug-likeness (QED) is 0.774. The second kappa shape index (κ2) is 5.96. The van der Waals surface area contributed by atoms with Gasteiger partial charge in [-0.1, -0.05) is 29.8 Å². The molecule has 3 heterocycles. The number of carbonyl (C=O) groups is 1. The fraction of sp³-hybridized carbons (Fsp3) is 0.250. The predicted molar refractivity (Wildman–Crippen MR) is 87.3 cm³/mol. The van der Waals surface area contributed by atoms with Gasteiger partial charge in [0.2, 0.25) is 0 Å². The number of nitrogens with zero attached hydrogens (tertiary/aromatic N) is 5. The number of H-pyrrole nitrogens is 1. The summed E-state index contributed by atoms with van der Waals surface area (Å²) in [5, 5.41) is 14.1. The molecule has 3 aromatic rings. The van der Waals surface area contributed by atoms with Gasteiger partial charge < -0.3 is 4.90 Å². The van der Waals surface area contributed by atoms with E-state index < -0.39 is 5.95 Å². The average molecular weight is 361 g/mol. The standard InChI is InChI=1S/C16H14ClFN6O/c1-23-14(11(17)7-19-23)6-13-9-4-2-3-5-10(9)16(25)24(13)8-12-15(18)21-22-20-12/h2-5,7,13H,6,8H2,1H3,(H,20,21,22). The molecule has 0 bridgehead atoms. The summed E-state index contributed by atoms with van der Waals surface area (Å²) in [6, 6.07) is 7.08. The third-order valence-corrected chi connectivity index (χ3v) is 4.79. The van der Waals surface area contributed by atoms with Crippen molar-refractivity contribution in [2.75, 3.05) is 0 Å². The van der Waals surface area contributed by atoms with Crippen LogP contribution in [0.1, 0.15) is 33.4 Å². The molecule has 2 aromatic heterocycles. The number of benzene rings is 1. The number of aromatic nitrogens is 5. The number of halogens is 2. The Hall–Kier alpha value is -2.74. The Kier molecular flexibility index (Phi) is 3.76. The minimum absolute atomic E-state index is 0.0238. The van der Waals surface area contributed by atoms with E-state index in [-0.39, 0.29) is 24.2 Å². The number of aromatic amines is 1. The third kappa shape index (κ3) is 2.58. The van der Waals surface area contributed by atoms with Crippen molar-refractivity contribution < 1.29 is 9.18 Å². The molecule has 0 spiro atoms. The van der Waals surface area contributed by atoms with Crippen LogP contribution in [0, 0.1) is 5.95 Å². The summed E-state index contributed by atoms with van der Waals surface area (Å²) in [7, 11) is 1.80. The largest absolute Gasteiger partial charge is 0.325 e. The molecule has 1 atom stereocenters. The molecule has 1 N–H and O–H groups in total. The molecule has 1 unspecified atom stereocenters. The van der Waals surface area contributed by atoms with E-state index >= 15 is 0 Å². The molecule has 0 saturated heterocycles. The first-order chi connectivity index (χ1) is 12.1. The van der Waals surface area contributed by atoms with Gasteiger partial charge in [-0.2, -0.15) is 19.8 Å². The first-order valence-corrected chi connectivity index (χ1v) is 8.05. The summed E-state index contributed by atoms with van der Waals surface area (Å²) < 4.78 is 15.4. The summed E-state index contributed by atoms with van der Waals surface area (Å²) in [5.41, 5.74) is 2.40. The normalized spacial score (nSPS) is 16.5. The van der Waals surface area contributed by atoms with Crippen molar-refractivity contribution in [2.45, 2.75) is 19.0 Å². The Morgan fingerprint density at radius 3 is 2.80 bits per heavy atom. The Labute approximate surface area is 147 Å². The molecule has 1 aromatic carbocycles. The maximum atomic E-state index is 13.7. The summed E-state index contributed by atoms with van der Waals surface area (Å²) in [6.45, 7) is 0.0238. The average Bonchev–Trinajstić information content (AvgIpc) is 3.24. The van der Waals surface area contributed by atoms with Crippen molar-refractivity contribution >= 4 is 17.5 Å². The van der Waals surface area contributed by atoms with Gasteiger partial charge in [0.15, 0.2) is 0 Å². The zero-order chi connectivity index (χ0) is 17.6. The highest BCUT2D eigenvalue weighted by Gasteiger charge is 2.38. The molecule has 0 saturated carbocycles. The van der Waals surface area contributed by atoms with Gasteiger partial charge in [0, 0.05) is 19.0 Å². The van der Waals surface area contributed by atoms with Crippen molar-refractivity contribution in [3.63, 3.8) is 0 Å². The van der Waals surface area contributed by atoms with E-state index in [0.29, 0.717) is 17.0 Å². The summed E-state index contributed by atoms with van der Waals surface area (Å²) >= 11 is 6.23. The van der Waals surface area contributed by atoms with Crippen LogP contribution in [0.25, 0.3) is 0 Å². The van der Waals surface area contributed by atoms with Crippen LogP contribution in [0.5, 0.6) is 0 Å². The van der Waals surface area contributed by atoms with Gasteiger partial charge in [-0.05, 0) is 11.6 Å². The number of hydrogen-bond acceptors (Lipinski definition) is 4.